The average molecular weight is 260 g/mol. The number of amides is 1. The Bertz CT molecular complexity index is 206. The second kappa shape index (κ2) is 3.86. The van der Waals surface area contributed by atoms with E-state index in [9.17, 15) is 18.0 Å². The Labute approximate surface area is 82.2 Å². The van der Waals surface area contributed by atoms with Crippen molar-refractivity contribution in [3.8, 4) is 0 Å². The normalized spacial score (nSPS) is 23.7. The van der Waals surface area contributed by atoms with Crippen molar-refractivity contribution in [2.75, 3.05) is 11.9 Å². The Morgan fingerprint density at radius 1 is 1.54 bits per heavy atom. The molecule has 0 N–H and O–H groups in total. The van der Waals surface area contributed by atoms with Gasteiger partial charge in [0.2, 0.25) is 0 Å². The summed E-state index contributed by atoms with van der Waals surface area (Å²) in [5, 5.41) is 0.412. The highest BCUT2D eigenvalue weighted by Crippen LogP contribution is 2.26. The maximum atomic E-state index is 12.0. The average Bonchev–Trinajstić information content (AvgIpc) is 2.48. The van der Waals surface area contributed by atoms with Crippen LogP contribution in [0.15, 0.2) is 0 Å². The van der Waals surface area contributed by atoms with Gasteiger partial charge in [-0.25, -0.2) is 0 Å². The van der Waals surface area contributed by atoms with Crippen LogP contribution in [0.1, 0.15) is 12.8 Å². The molecule has 1 amide bonds. The van der Waals surface area contributed by atoms with Crippen molar-refractivity contribution in [3.63, 3.8) is 0 Å². The maximum absolute atomic E-state index is 12.0. The molecule has 1 fully saturated rings. The predicted octanol–water partition coefficient (Wildman–Crippen LogP) is 1.93. The highest BCUT2D eigenvalue weighted by molar-refractivity contribution is 9.09. The molecule has 0 aromatic carbocycles. The molecule has 1 rings (SSSR count). The van der Waals surface area contributed by atoms with Crippen molar-refractivity contribution in [2.45, 2.75) is 25.1 Å². The molecule has 1 heterocycles. The molecule has 0 saturated carbocycles. The van der Waals surface area contributed by atoms with Gasteiger partial charge in [-0.05, 0) is 12.8 Å². The molecule has 2 nitrogen and oxygen atoms in total. The number of likely N-dealkylation sites (tertiary alicyclic amines) is 1. The van der Waals surface area contributed by atoms with Crippen molar-refractivity contribution in [2.24, 2.45) is 0 Å². The topological polar surface area (TPSA) is 20.3 Å². The van der Waals surface area contributed by atoms with Crippen molar-refractivity contribution in [1.82, 2.24) is 4.90 Å². The quantitative estimate of drug-likeness (QED) is 0.660. The molecule has 0 aliphatic carbocycles. The van der Waals surface area contributed by atoms with Crippen LogP contribution in [0.2, 0.25) is 0 Å². The summed E-state index contributed by atoms with van der Waals surface area (Å²) < 4.78 is 36.0. The third kappa shape index (κ3) is 2.36. The smallest absolute Gasteiger partial charge is 0.331 e. The van der Waals surface area contributed by atoms with E-state index >= 15 is 0 Å². The largest absolute Gasteiger partial charge is 0.471 e. The zero-order chi connectivity index (χ0) is 10.1. The van der Waals surface area contributed by atoms with Gasteiger partial charge in [0.25, 0.3) is 0 Å². The highest BCUT2D eigenvalue weighted by Gasteiger charge is 2.45. The van der Waals surface area contributed by atoms with Crippen LogP contribution in [0.25, 0.3) is 0 Å². The van der Waals surface area contributed by atoms with Crippen molar-refractivity contribution >= 4 is 21.8 Å². The monoisotopic (exact) mass is 259 g/mol. The lowest BCUT2D eigenvalue weighted by Crippen LogP contribution is -2.44. The van der Waals surface area contributed by atoms with E-state index in [1.807, 2.05) is 0 Å². The van der Waals surface area contributed by atoms with Gasteiger partial charge >= 0.3 is 12.1 Å². The summed E-state index contributed by atoms with van der Waals surface area (Å²) in [5.74, 6) is -1.71. The van der Waals surface area contributed by atoms with Gasteiger partial charge < -0.3 is 4.90 Å². The molecule has 76 valence electrons. The van der Waals surface area contributed by atoms with E-state index in [1.165, 1.54) is 0 Å². The van der Waals surface area contributed by atoms with E-state index in [0.29, 0.717) is 18.2 Å². The fourth-order valence-corrected chi connectivity index (χ4v) is 2.10. The molecule has 1 atom stereocenters. The first-order chi connectivity index (χ1) is 5.96. The Balaban J connectivity index is 2.66. The van der Waals surface area contributed by atoms with Crippen LogP contribution >= 0.6 is 15.9 Å². The van der Waals surface area contributed by atoms with E-state index in [0.717, 1.165) is 4.90 Å². The summed E-state index contributed by atoms with van der Waals surface area (Å²) in [6.45, 7) is 0.217. The van der Waals surface area contributed by atoms with Gasteiger partial charge in [-0.15, -0.1) is 0 Å². The molecule has 1 unspecified atom stereocenters. The number of hydrogen-bond acceptors (Lipinski definition) is 1. The van der Waals surface area contributed by atoms with Gasteiger partial charge in [-0.2, -0.15) is 13.2 Å². The van der Waals surface area contributed by atoms with Crippen molar-refractivity contribution in [3.05, 3.63) is 0 Å². The van der Waals surface area contributed by atoms with Gasteiger partial charge in [0.1, 0.15) is 0 Å². The van der Waals surface area contributed by atoms with Crippen LogP contribution in [0.3, 0.4) is 0 Å². The summed E-state index contributed by atoms with van der Waals surface area (Å²) in [7, 11) is 0. The lowest BCUT2D eigenvalue weighted by Gasteiger charge is -2.23. The number of carbonyl (C=O) groups is 1. The molecular weight excluding hydrogens is 251 g/mol. The Kier molecular flexibility index (Phi) is 3.21. The zero-order valence-corrected chi connectivity index (χ0v) is 8.36. The van der Waals surface area contributed by atoms with Gasteiger partial charge in [-0.1, -0.05) is 15.9 Å². The van der Waals surface area contributed by atoms with Crippen LogP contribution in [0.5, 0.6) is 0 Å². The van der Waals surface area contributed by atoms with Gasteiger partial charge in [0, 0.05) is 17.9 Å². The molecule has 1 saturated heterocycles. The van der Waals surface area contributed by atoms with Crippen LogP contribution < -0.4 is 0 Å². The van der Waals surface area contributed by atoms with Gasteiger partial charge in [-0.3, -0.25) is 4.79 Å². The summed E-state index contributed by atoms with van der Waals surface area (Å²) in [5.41, 5.74) is 0. The minimum Gasteiger partial charge on any atom is -0.331 e. The third-order valence-corrected chi connectivity index (χ3v) is 2.81. The molecule has 1 aliphatic rings. The number of carbonyl (C=O) groups excluding carboxylic acids is 1. The molecule has 0 bridgehead atoms. The van der Waals surface area contributed by atoms with Crippen molar-refractivity contribution < 1.29 is 18.0 Å². The lowest BCUT2D eigenvalue weighted by atomic mass is 10.2. The van der Waals surface area contributed by atoms with Crippen LogP contribution in [0, 0.1) is 0 Å². The van der Waals surface area contributed by atoms with Gasteiger partial charge in [0.05, 0.1) is 0 Å². The fourth-order valence-electron chi connectivity index (χ4n) is 1.43. The number of nitrogens with zero attached hydrogens (tertiary/aromatic N) is 1. The molecule has 6 heteroatoms. The first kappa shape index (κ1) is 10.8. The fraction of sp³-hybridized carbons (Fsp3) is 0.857. The second-order valence-electron chi connectivity index (χ2n) is 2.95. The molecule has 0 aromatic heterocycles. The van der Waals surface area contributed by atoms with Crippen LogP contribution in [-0.2, 0) is 4.79 Å². The molecular formula is C7H9BrF3NO. The van der Waals surface area contributed by atoms with E-state index in [4.69, 9.17) is 0 Å². The highest BCUT2D eigenvalue weighted by atomic mass is 79.9. The third-order valence-electron chi connectivity index (χ3n) is 2.06. The molecule has 0 radical (unpaired) electrons. The number of halogens is 4. The summed E-state index contributed by atoms with van der Waals surface area (Å²) >= 11 is 3.09. The van der Waals surface area contributed by atoms with Crippen LogP contribution in [0.4, 0.5) is 13.2 Å². The van der Waals surface area contributed by atoms with Crippen molar-refractivity contribution in [1.29, 1.82) is 0 Å². The Hall–Kier alpha value is -0.260. The molecule has 0 aromatic rings. The number of hydrogen-bond donors (Lipinski definition) is 0. The van der Waals surface area contributed by atoms with Crippen LogP contribution in [-0.4, -0.2) is 34.9 Å². The Morgan fingerprint density at radius 3 is 2.62 bits per heavy atom. The standard InChI is InChI=1S/C7H9BrF3NO/c8-4-5-2-1-3-12(5)6(13)7(9,10)11/h5H,1-4H2. The summed E-state index contributed by atoms with van der Waals surface area (Å²) in [6.07, 6.45) is -3.43. The van der Waals surface area contributed by atoms with E-state index < -0.39 is 12.1 Å². The first-order valence-electron chi connectivity index (χ1n) is 3.90. The minimum atomic E-state index is -4.73. The predicted molar refractivity (Wildman–Crippen MR) is 44.6 cm³/mol. The minimum absolute atomic E-state index is 0.217. The molecule has 13 heavy (non-hydrogen) atoms. The van der Waals surface area contributed by atoms with Gasteiger partial charge in [0.15, 0.2) is 0 Å². The molecule has 1 aliphatic heterocycles. The molecule has 0 spiro atoms. The zero-order valence-electron chi connectivity index (χ0n) is 6.77. The number of rotatable bonds is 1. The first-order valence-corrected chi connectivity index (χ1v) is 5.02. The summed E-state index contributed by atoms with van der Waals surface area (Å²) in [4.78, 5) is 11.7. The maximum Gasteiger partial charge on any atom is 0.471 e. The summed E-state index contributed by atoms with van der Waals surface area (Å²) in [6, 6.07) is -0.297. The Morgan fingerprint density at radius 2 is 2.15 bits per heavy atom. The van der Waals surface area contributed by atoms with E-state index in [1.54, 1.807) is 0 Å². The lowest BCUT2D eigenvalue weighted by molar-refractivity contribution is -0.185. The SMILES string of the molecule is O=C(N1CCCC1CBr)C(F)(F)F. The van der Waals surface area contributed by atoms with E-state index in [2.05, 4.69) is 15.9 Å². The number of alkyl halides is 4. The second-order valence-corrected chi connectivity index (χ2v) is 3.59. The van der Waals surface area contributed by atoms with E-state index in [-0.39, 0.29) is 12.6 Å².